The van der Waals surface area contributed by atoms with Crippen molar-refractivity contribution in [3.8, 4) is 0 Å². The fourth-order valence-electron chi connectivity index (χ4n) is 3.84. The van der Waals surface area contributed by atoms with Gasteiger partial charge < -0.3 is 10.1 Å². The van der Waals surface area contributed by atoms with Crippen LogP contribution < -0.4 is 10.9 Å². The van der Waals surface area contributed by atoms with Crippen LogP contribution in [-0.2, 0) is 17.6 Å². The average Bonchev–Trinajstić information content (AvgIpc) is 3.29. The molecule has 0 amide bonds. The summed E-state index contributed by atoms with van der Waals surface area (Å²) >= 11 is 0. The number of aromatic nitrogens is 5. The largest absolute Gasteiger partial charge is 0.377 e. The summed E-state index contributed by atoms with van der Waals surface area (Å²) in [6.07, 6.45) is 6.07. The van der Waals surface area contributed by atoms with Gasteiger partial charge in [0.25, 0.3) is 5.56 Å². The highest BCUT2D eigenvalue weighted by Crippen LogP contribution is 2.23. The first kappa shape index (κ1) is 15.5. The minimum Gasteiger partial charge on any atom is -0.377 e. The lowest BCUT2D eigenvalue weighted by Gasteiger charge is -2.22. The van der Waals surface area contributed by atoms with Crippen LogP contribution in [0.3, 0.4) is 0 Å². The Bertz CT molecular complexity index is 1010. The molecule has 2 unspecified atom stereocenters. The molecular formula is C18H20N6O2. The summed E-state index contributed by atoms with van der Waals surface area (Å²) in [7, 11) is 0. The summed E-state index contributed by atoms with van der Waals surface area (Å²) in [5.41, 5.74) is 2.87. The number of fused-ring (bicyclic) bond motifs is 2. The summed E-state index contributed by atoms with van der Waals surface area (Å²) in [4.78, 5) is 12.6. The third-order valence-corrected chi connectivity index (χ3v) is 5.23. The third kappa shape index (κ3) is 2.57. The second kappa shape index (κ2) is 6.21. The highest BCUT2D eigenvalue weighted by atomic mass is 16.5. The number of hydrogen-bond acceptors (Lipinski definition) is 6. The molecule has 26 heavy (non-hydrogen) atoms. The topological polar surface area (TPSA) is 86.3 Å². The summed E-state index contributed by atoms with van der Waals surface area (Å²) in [6.45, 7) is 0.956. The van der Waals surface area contributed by atoms with E-state index >= 15 is 0 Å². The van der Waals surface area contributed by atoms with Gasteiger partial charge in [-0.2, -0.15) is 5.10 Å². The maximum Gasteiger partial charge on any atom is 0.267 e. The molecule has 0 radical (unpaired) electrons. The van der Waals surface area contributed by atoms with Gasteiger partial charge in [0.1, 0.15) is 6.04 Å². The van der Waals surface area contributed by atoms with Crippen LogP contribution in [0, 0.1) is 0 Å². The minimum absolute atomic E-state index is 0.0564. The van der Waals surface area contributed by atoms with Gasteiger partial charge in [-0.3, -0.25) is 9.20 Å². The fourth-order valence-corrected chi connectivity index (χ4v) is 3.84. The molecule has 0 saturated carbocycles. The van der Waals surface area contributed by atoms with Gasteiger partial charge in [-0.25, -0.2) is 4.68 Å². The highest BCUT2D eigenvalue weighted by Gasteiger charge is 2.33. The second-order valence-corrected chi connectivity index (χ2v) is 6.91. The molecule has 2 atom stereocenters. The minimum atomic E-state index is -0.161. The summed E-state index contributed by atoms with van der Waals surface area (Å²) in [6, 6.07) is 7.26. The number of nitrogens with zero attached hydrogens (tertiary/aromatic N) is 5. The van der Waals surface area contributed by atoms with Gasteiger partial charge in [0.05, 0.1) is 24.9 Å². The van der Waals surface area contributed by atoms with Crippen LogP contribution in [0.4, 0.5) is 5.95 Å². The van der Waals surface area contributed by atoms with Crippen LogP contribution in [0.2, 0.25) is 0 Å². The number of anilines is 1. The van der Waals surface area contributed by atoms with Crippen LogP contribution in [0.15, 0.2) is 35.3 Å². The maximum atomic E-state index is 12.6. The Kier molecular flexibility index (Phi) is 3.70. The van der Waals surface area contributed by atoms with Crippen molar-refractivity contribution in [2.45, 2.75) is 37.8 Å². The number of ether oxygens (including phenoxy) is 1. The Balaban J connectivity index is 1.47. The van der Waals surface area contributed by atoms with Crippen LogP contribution >= 0.6 is 0 Å². The molecule has 5 rings (SSSR count). The zero-order valence-electron chi connectivity index (χ0n) is 14.3. The molecule has 3 aromatic rings. The normalized spacial score (nSPS) is 22.5. The molecule has 1 fully saturated rings. The molecule has 134 valence electrons. The lowest BCUT2D eigenvalue weighted by molar-refractivity contribution is 0.182. The predicted octanol–water partition coefficient (Wildman–Crippen LogP) is 1.22. The Morgan fingerprint density at radius 3 is 3.04 bits per heavy atom. The van der Waals surface area contributed by atoms with E-state index in [9.17, 15) is 4.79 Å². The zero-order valence-corrected chi connectivity index (χ0v) is 14.3. The van der Waals surface area contributed by atoms with Crippen molar-refractivity contribution in [2.75, 3.05) is 18.5 Å². The van der Waals surface area contributed by atoms with Gasteiger partial charge in [-0.1, -0.05) is 6.07 Å². The van der Waals surface area contributed by atoms with E-state index in [0.29, 0.717) is 19.2 Å². The Morgan fingerprint density at radius 2 is 2.08 bits per heavy atom. The molecule has 8 heteroatoms. The standard InChI is InChI=1S/C18H20N6O2/c25-17-9-12-5-1-2-6-13(12)22-24(17)15-11-26-10-14(15)19-18-21-20-16-7-3-4-8-23(16)18/h3-4,7-9,14-15H,1-2,5-6,10-11H2,(H,19,21). The number of hydrogen-bond donors (Lipinski definition) is 1. The Hall–Kier alpha value is -2.74. The Morgan fingerprint density at radius 1 is 1.15 bits per heavy atom. The van der Waals surface area contributed by atoms with E-state index in [2.05, 4.69) is 20.6 Å². The van der Waals surface area contributed by atoms with Crippen molar-refractivity contribution in [2.24, 2.45) is 0 Å². The lowest BCUT2D eigenvalue weighted by atomic mass is 9.97. The van der Waals surface area contributed by atoms with Gasteiger partial charge in [-0.15, -0.1) is 10.2 Å². The first-order chi connectivity index (χ1) is 12.8. The zero-order chi connectivity index (χ0) is 17.5. The number of rotatable bonds is 3. The molecule has 1 N–H and O–H groups in total. The molecule has 1 aliphatic carbocycles. The van der Waals surface area contributed by atoms with Crippen LogP contribution in [-0.4, -0.2) is 43.6 Å². The predicted molar refractivity (Wildman–Crippen MR) is 95.4 cm³/mol. The molecule has 1 saturated heterocycles. The van der Waals surface area contributed by atoms with Crippen molar-refractivity contribution in [1.29, 1.82) is 0 Å². The molecule has 1 aliphatic heterocycles. The maximum absolute atomic E-state index is 12.6. The Labute approximate surface area is 149 Å². The van der Waals surface area contributed by atoms with Gasteiger partial charge in [0, 0.05) is 12.3 Å². The van der Waals surface area contributed by atoms with Gasteiger partial charge >= 0.3 is 0 Å². The quantitative estimate of drug-likeness (QED) is 0.763. The van der Waals surface area contributed by atoms with E-state index < -0.39 is 0 Å². The molecule has 0 bridgehead atoms. The summed E-state index contributed by atoms with van der Waals surface area (Å²) in [5.74, 6) is 0.645. The number of pyridine rings is 1. The molecule has 0 spiro atoms. The van der Waals surface area contributed by atoms with Crippen molar-refractivity contribution < 1.29 is 4.74 Å². The van der Waals surface area contributed by atoms with E-state index in [0.717, 1.165) is 42.6 Å². The average molecular weight is 352 g/mol. The third-order valence-electron chi connectivity index (χ3n) is 5.23. The SMILES string of the molecule is O=c1cc2c(nn1C1COCC1Nc1nnc3ccccn13)CCCC2. The first-order valence-corrected chi connectivity index (χ1v) is 9.05. The van der Waals surface area contributed by atoms with Crippen LogP contribution in [0.1, 0.15) is 30.1 Å². The summed E-state index contributed by atoms with van der Waals surface area (Å²) in [5, 5.41) is 16.4. The first-order valence-electron chi connectivity index (χ1n) is 9.05. The van der Waals surface area contributed by atoms with Gasteiger partial charge in [0.15, 0.2) is 5.65 Å². The highest BCUT2D eigenvalue weighted by molar-refractivity contribution is 5.45. The van der Waals surface area contributed by atoms with Crippen LogP contribution in [0.25, 0.3) is 5.65 Å². The lowest BCUT2D eigenvalue weighted by Crippen LogP contribution is -2.38. The van der Waals surface area contributed by atoms with E-state index in [-0.39, 0.29) is 17.6 Å². The second-order valence-electron chi connectivity index (χ2n) is 6.91. The molecule has 8 nitrogen and oxygen atoms in total. The number of nitrogens with one attached hydrogen (secondary N) is 1. The molecule has 4 heterocycles. The van der Waals surface area contributed by atoms with Crippen molar-refractivity contribution in [1.82, 2.24) is 24.4 Å². The van der Waals surface area contributed by atoms with Crippen molar-refractivity contribution in [3.05, 3.63) is 52.1 Å². The molecule has 2 aliphatic rings. The van der Waals surface area contributed by atoms with Gasteiger partial charge in [0.2, 0.25) is 5.95 Å². The number of aryl methyl sites for hydroxylation is 2. The van der Waals surface area contributed by atoms with E-state index in [1.165, 1.54) is 0 Å². The van der Waals surface area contributed by atoms with Crippen molar-refractivity contribution in [3.63, 3.8) is 0 Å². The van der Waals surface area contributed by atoms with Gasteiger partial charge in [-0.05, 0) is 43.4 Å². The monoisotopic (exact) mass is 352 g/mol. The van der Waals surface area contributed by atoms with E-state index in [1.807, 2.05) is 28.8 Å². The molecule has 3 aromatic heterocycles. The molecule has 0 aromatic carbocycles. The smallest absolute Gasteiger partial charge is 0.267 e. The van der Waals surface area contributed by atoms with Crippen molar-refractivity contribution >= 4 is 11.6 Å². The van der Waals surface area contributed by atoms with E-state index in [4.69, 9.17) is 4.74 Å². The summed E-state index contributed by atoms with van der Waals surface area (Å²) < 4.78 is 9.15. The molecular weight excluding hydrogens is 332 g/mol. The fraction of sp³-hybridized carbons (Fsp3) is 0.444. The van der Waals surface area contributed by atoms with E-state index in [1.54, 1.807) is 10.7 Å². The van der Waals surface area contributed by atoms with Crippen LogP contribution in [0.5, 0.6) is 0 Å².